The second kappa shape index (κ2) is 8.38. The maximum atomic E-state index is 13.0. The number of benzene rings is 1. The Balaban J connectivity index is 2.69. The molecule has 0 heterocycles. The van der Waals surface area contributed by atoms with Crippen LogP contribution in [0.4, 0.5) is 0 Å². The molecule has 31 heavy (non-hydrogen) atoms. The highest BCUT2D eigenvalue weighted by atomic mass is 16.5. The normalized spacial score (nSPS) is 10.9. The van der Waals surface area contributed by atoms with Crippen LogP contribution in [-0.2, 0) is 14.2 Å². The average Bonchev–Trinajstić information content (AvgIpc) is 3.09. The molecule has 0 saturated heterocycles. The summed E-state index contributed by atoms with van der Waals surface area (Å²) in [6, 6.07) is 6.05. The predicted octanol–water partition coefficient (Wildman–Crippen LogP) is 4.93. The van der Waals surface area contributed by atoms with E-state index in [1.54, 1.807) is 13.8 Å². The molecular weight excluding hydrogens is 396 g/mol. The predicted molar refractivity (Wildman–Crippen MR) is 118 cm³/mol. The lowest BCUT2D eigenvalue weighted by Crippen LogP contribution is -2.20. The molecule has 1 aromatic rings. The van der Waals surface area contributed by atoms with E-state index in [1.807, 2.05) is 32.9 Å². The van der Waals surface area contributed by atoms with Gasteiger partial charge >= 0.3 is 17.9 Å². The minimum Gasteiger partial charge on any atom is -0.465 e. The van der Waals surface area contributed by atoms with Crippen LogP contribution in [0.2, 0.25) is 0 Å². The number of hydrogen-bond acceptors (Lipinski definition) is 6. The number of ether oxygens (including phenoxy) is 3. The van der Waals surface area contributed by atoms with E-state index in [0.29, 0.717) is 16.3 Å². The monoisotopic (exact) mass is 422 g/mol. The lowest BCUT2D eigenvalue weighted by atomic mass is 9.89. The van der Waals surface area contributed by atoms with Crippen LogP contribution in [0.3, 0.4) is 0 Å². The third-order valence-electron chi connectivity index (χ3n) is 5.57. The Bertz CT molecular complexity index is 1210. The third-order valence-corrected chi connectivity index (χ3v) is 5.57. The van der Waals surface area contributed by atoms with Gasteiger partial charge in [-0.25, -0.2) is 14.4 Å². The maximum absolute atomic E-state index is 13.0. The molecule has 0 N–H and O–H groups in total. The number of esters is 3. The van der Waals surface area contributed by atoms with Gasteiger partial charge in [-0.15, -0.1) is 0 Å². The molecule has 0 spiro atoms. The Kier molecular flexibility index (Phi) is 6.02. The first kappa shape index (κ1) is 22.3. The first-order valence-corrected chi connectivity index (χ1v) is 10.0. The Hall–Kier alpha value is -3.41. The van der Waals surface area contributed by atoms with E-state index in [0.717, 1.165) is 27.8 Å². The lowest BCUT2D eigenvalue weighted by Gasteiger charge is -2.17. The molecule has 0 aromatic heterocycles. The van der Waals surface area contributed by atoms with Crippen LogP contribution < -0.4 is 0 Å². The smallest absolute Gasteiger partial charge is 0.339 e. The Morgan fingerprint density at radius 1 is 0.774 bits per heavy atom. The van der Waals surface area contributed by atoms with Crippen LogP contribution in [0, 0.1) is 27.7 Å². The highest BCUT2D eigenvalue weighted by Gasteiger charge is 2.34. The fourth-order valence-electron chi connectivity index (χ4n) is 4.35. The van der Waals surface area contributed by atoms with Crippen molar-refractivity contribution in [1.29, 1.82) is 0 Å². The van der Waals surface area contributed by atoms with E-state index >= 15 is 0 Å². The molecule has 0 bridgehead atoms. The van der Waals surface area contributed by atoms with Crippen LogP contribution in [-0.4, -0.2) is 38.7 Å². The number of fused-ring (bicyclic) bond motifs is 3. The van der Waals surface area contributed by atoms with Crippen LogP contribution in [0.25, 0.3) is 21.9 Å². The van der Waals surface area contributed by atoms with Crippen LogP contribution >= 0.6 is 0 Å². The quantitative estimate of drug-likeness (QED) is 0.438. The van der Waals surface area contributed by atoms with E-state index in [-0.39, 0.29) is 23.3 Å². The Morgan fingerprint density at radius 2 is 1.35 bits per heavy atom. The van der Waals surface area contributed by atoms with Crippen LogP contribution in [0.5, 0.6) is 0 Å². The van der Waals surface area contributed by atoms with Crippen molar-refractivity contribution >= 4 is 28.7 Å². The van der Waals surface area contributed by atoms with Gasteiger partial charge in [0.15, 0.2) is 0 Å². The molecule has 0 aliphatic heterocycles. The summed E-state index contributed by atoms with van der Waals surface area (Å²) >= 11 is 0. The summed E-state index contributed by atoms with van der Waals surface area (Å²) in [5.41, 5.74) is 5.26. The summed E-state index contributed by atoms with van der Waals surface area (Å²) in [5.74, 6) is -2.20. The summed E-state index contributed by atoms with van der Waals surface area (Å²) in [5, 5.41) is 1.27. The molecule has 2 aliphatic rings. The van der Waals surface area contributed by atoms with E-state index in [9.17, 15) is 14.4 Å². The lowest BCUT2D eigenvalue weighted by molar-refractivity contribution is 0.0499. The summed E-state index contributed by atoms with van der Waals surface area (Å²) in [6.07, 6.45) is 0. The first-order valence-electron chi connectivity index (χ1n) is 10.0. The topological polar surface area (TPSA) is 78.9 Å². The Morgan fingerprint density at radius 3 is 1.94 bits per heavy atom. The fourth-order valence-corrected chi connectivity index (χ4v) is 4.35. The van der Waals surface area contributed by atoms with Gasteiger partial charge in [0.2, 0.25) is 0 Å². The zero-order valence-corrected chi connectivity index (χ0v) is 18.9. The number of rotatable bonds is 4. The van der Waals surface area contributed by atoms with Gasteiger partial charge in [0.1, 0.15) is 0 Å². The second-order valence-corrected chi connectivity index (χ2v) is 7.57. The number of hydrogen-bond donors (Lipinski definition) is 0. The number of carbonyl (C=O) groups excluding carboxylic acids is 3. The first-order chi connectivity index (χ1) is 14.7. The number of carbonyl (C=O) groups is 3. The maximum Gasteiger partial charge on any atom is 0.339 e. The van der Waals surface area contributed by atoms with Gasteiger partial charge in [-0.3, -0.25) is 0 Å². The molecule has 162 valence electrons. The third kappa shape index (κ3) is 3.52. The van der Waals surface area contributed by atoms with Crippen molar-refractivity contribution in [1.82, 2.24) is 0 Å². The highest BCUT2D eigenvalue weighted by Crippen LogP contribution is 2.44. The fraction of sp³-hybridized carbons (Fsp3) is 0.320. The minimum absolute atomic E-state index is 0.0133. The van der Waals surface area contributed by atoms with Gasteiger partial charge in [0.25, 0.3) is 0 Å². The molecule has 0 fully saturated rings. The standard InChI is InChI=1S/C25H26O6/c1-8-31-25(28)19-15(5)17-11-16-13(3)9-12(2)10-14(4)18(16)20(17)22(24(27)30-7)21(19)23(26)29-6/h9-11H,8H2,1-7H3. The molecule has 0 unspecified atom stereocenters. The largest absolute Gasteiger partial charge is 0.465 e. The summed E-state index contributed by atoms with van der Waals surface area (Å²) in [6.45, 7) is 9.51. The van der Waals surface area contributed by atoms with Crippen molar-refractivity contribution in [2.45, 2.75) is 34.6 Å². The summed E-state index contributed by atoms with van der Waals surface area (Å²) < 4.78 is 15.2. The number of aryl methyl sites for hydroxylation is 4. The van der Waals surface area contributed by atoms with Crippen LogP contribution in [0.15, 0.2) is 18.2 Å². The molecule has 1 aromatic carbocycles. The van der Waals surface area contributed by atoms with Crippen molar-refractivity contribution in [3.05, 3.63) is 57.1 Å². The van der Waals surface area contributed by atoms with Crippen LogP contribution in [0.1, 0.15) is 60.3 Å². The van der Waals surface area contributed by atoms with Gasteiger partial charge in [0, 0.05) is 5.39 Å². The van der Waals surface area contributed by atoms with Crippen molar-refractivity contribution < 1.29 is 28.6 Å². The zero-order chi connectivity index (χ0) is 23.0. The molecule has 0 saturated carbocycles. The Labute approximate surface area is 181 Å². The van der Waals surface area contributed by atoms with Crippen molar-refractivity contribution in [2.24, 2.45) is 0 Å². The molecule has 6 nitrogen and oxygen atoms in total. The number of methoxy groups -OCH3 is 2. The molecule has 0 radical (unpaired) electrons. The van der Waals surface area contributed by atoms with E-state index < -0.39 is 17.9 Å². The van der Waals surface area contributed by atoms with Gasteiger partial charge in [-0.2, -0.15) is 0 Å². The molecule has 3 rings (SSSR count). The van der Waals surface area contributed by atoms with E-state index in [1.165, 1.54) is 14.2 Å². The minimum atomic E-state index is -0.798. The van der Waals surface area contributed by atoms with Crippen molar-refractivity contribution in [3.8, 4) is 11.1 Å². The summed E-state index contributed by atoms with van der Waals surface area (Å²) in [7, 11) is 2.45. The highest BCUT2D eigenvalue weighted by molar-refractivity contribution is 6.23. The van der Waals surface area contributed by atoms with Crippen molar-refractivity contribution in [3.63, 3.8) is 0 Å². The molecular formula is C25H26O6. The molecule has 6 heteroatoms. The van der Waals surface area contributed by atoms with Gasteiger partial charge in [-0.1, -0.05) is 17.7 Å². The summed E-state index contributed by atoms with van der Waals surface area (Å²) in [4.78, 5) is 38.8. The van der Waals surface area contributed by atoms with E-state index in [4.69, 9.17) is 14.2 Å². The molecule has 2 aliphatic carbocycles. The molecule has 0 amide bonds. The van der Waals surface area contributed by atoms with E-state index in [2.05, 4.69) is 6.07 Å². The van der Waals surface area contributed by atoms with Crippen molar-refractivity contribution in [2.75, 3.05) is 20.8 Å². The second-order valence-electron chi connectivity index (χ2n) is 7.57. The van der Waals surface area contributed by atoms with Gasteiger partial charge in [0.05, 0.1) is 37.5 Å². The SMILES string of the molecule is CCOC(=O)c1c(C(=O)OC)c(C(=O)OC)c2c3c(C)cc(C)cc(C)c-3cc2c1C. The van der Waals surface area contributed by atoms with Gasteiger partial charge < -0.3 is 14.2 Å². The molecule has 0 atom stereocenters. The average molecular weight is 422 g/mol. The zero-order valence-electron chi connectivity index (χ0n) is 18.9. The van der Waals surface area contributed by atoms with Gasteiger partial charge in [-0.05, 0) is 73.9 Å².